The molecule has 1 aliphatic heterocycles. The van der Waals surface area contributed by atoms with Crippen molar-refractivity contribution in [1.29, 1.82) is 0 Å². The van der Waals surface area contributed by atoms with Crippen molar-refractivity contribution in [3.63, 3.8) is 0 Å². The minimum atomic E-state index is -4.47. The van der Waals surface area contributed by atoms with Gasteiger partial charge < -0.3 is 14.8 Å². The van der Waals surface area contributed by atoms with Crippen LogP contribution < -0.4 is 5.32 Å². The second-order valence-electron chi connectivity index (χ2n) is 5.14. The Hall–Kier alpha value is -1.60. The van der Waals surface area contributed by atoms with Crippen LogP contribution in [0, 0.1) is 0 Å². The van der Waals surface area contributed by atoms with Gasteiger partial charge in [-0.3, -0.25) is 4.79 Å². The number of rotatable bonds is 4. The van der Waals surface area contributed by atoms with Crippen LogP contribution in [0.5, 0.6) is 0 Å². The largest absolute Gasteiger partial charge is 0.416 e. The summed E-state index contributed by atoms with van der Waals surface area (Å²) in [5.41, 5.74) is -0.811. The molecule has 0 spiro atoms. The topological polar surface area (TPSA) is 47.6 Å². The summed E-state index contributed by atoms with van der Waals surface area (Å²) in [6.07, 6.45) is -4.49. The maximum absolute atomic E-state index is 12.9. The predicted molar refractivity (Wildman–Crippen MR) is 73.3 cm³/mol. The third-order valence-electron chi connectivity index (χ3n) is 3.63. The first-order chi connectivity index (χ1) is 10.4. The van der Waals surface area contributed by atoms with Gasteiger partial charge in [0.05, 0.1) is 24.6 Å². The number of carbonyl (C=O) groups excluding carboxylic acids is 1. The van der Waals surface area contributed by atoms with Gasteiger partial charge in [-0.05, 0) is 18.1 Å². The molecule has 1 N–H and O–H groups in total. The zero-order valence-corrected chi connectivity index (χ0v) is 12.2. The highest BCUT2D eigenvalue weighted by Crippen LogP contribution is 2.32. The Morgan fingerprint density at radius 2 is 2.14 bits per heavy atom. The number of amides is 1. The molecular weight excluding hydrogens is 299 g/mol. The number of nitrogens with one attached hydrogen (secondary N) is 1. The van der Waals surface area contributed by atoms with Crippen molar-refractivity contribution in [2.75, 3.05) is 20.3 Å². The van der Waals surface area contributed by atoms with Crippen molar-refractivity contribution in [2.45, 2.75) is 31.2 Å². The summed E-state index contributed by atoms with van der Waals surface area (Å²) < 4.78 is 49.2. The molecule has 1 saturated heterocycles. The van der Waals surface area contributed by atoms with Gasteiger partial charge in [-0.25, -0.2) is 0 Å². The van der Waals surface area contributed by atoms with Crippen LogP contribution in [0.1, 0.15) is 17.5 Å². The van der Waals surface area contributed by atoms with Crippen LogP contribution in [0.25, 0.3) is 0 Å². The van der Waals surface area contributed by atoms with Gasteiger partial charge in [-0.1, -0.05) is 18.2 Å². The third kappa shape index (κ3) is 4.20. The molecule has 0 aliphatic carbocycles. The average Bonchev–Trinajstić information content (AvgIpc) is 2.47. The molecule has 1 fully saturated rings. The average molecular weight is 317 g/mol. The van der Waals surface area contributed by atoms with E-state index in [4.69, 9.17) is 9.47 Å². The molecule has 0 aromatic heterocycles. The van der Waals surface area contributed by atoms with E-state index < -0.39 is 17.6 Å². The van der Waals surface area contributed by atoms with Gasteiger partial charge in [0, 0.05) is 13.7 Å². The number of hydrogen-bond donors (Lipinski definition) is 1. The van der Waals surface area contributed by atoms with Crippen molar-refractivity contribution in [2.24, 2.45) is 0 Å². The maximum atomic E-state index is 12.9. The van der Waals surface area contributed by atoms with Crippen molar-refractivity contribution < 1.29 is 27.4 Å². The summed E-state index contributed by atoms with van der Waals surface area (Å²) in [5, 5.41) is 2.74. The first-order valence-electron chi connectivity index (χ1n) is 6.97. The molecule has 0 unspecified atom stereocenters. The van der Waals surface area contributed by atoms with Crippen LogP contribution in [0.15, 0.2) is 24.3 Å². The van der Waals surface area contributed by atoms with E-state index in [0.29, 0.717) is 19.6 Å². The van der Waals surface area contributed by atoms with E-state index in [1.165, 1.54) is 25.3 Å². The van der Waals surface area contributed by atoms with Crippen LogP contribution >= 0.6 is 0 Å². The van der Waals surface area contributed by atoms with Crippen LogP contribution in [0.4, 0.5) is 13.2 Å². The van der Waals surface area contributed by atoms with E-state index in [0.717, 1.165) is 6.07 Å². The molecule has 122 valence electrons. The second-order valence-corrected chi connectivity index (χ2v) is 5.14. The fraction of sp³-hybridized carbons (Fsp3) is 0.533. The molecule has 1 amide bonds. The smallest absolute Gasteiger partial charge is 0.379 e. The highest BCUT2D eigenvalue weighted by Gasteiger charge is 2.34. The Morgan fingerprint density at radius 3 is 2.82 bits per heavy atom. The molecule has 7 heteroatoms. The van der Waals surface area contributed by atoms with E-state index in [9.17, 15) is 18.0 Å². The molecular formula is C15H18F3NO3. The van der Waals surface area contributed by atoms with Gasteiger partial charge in [0.25, 0.3) is 0 Å². The Morgan fingerprint density at radius 1 is 1.41 bits per heavy atom. The molecule has 2 rings (SSSR count). The zero-order chi connectivity index (χ0) is 16.2. The number of methoxy groups -OCH3 is 1. The van der Waals surface area contributed by atoms with Crippen molar-refractivity contribution in [1.82, 2.24) is 5.32 Å². The van der Waals surface area contributed by atoms with Crippen LogP contribution in [0.2, 0.25) is 0 Å². The predicted octanol–water partition coefficient (Wildman–Crippen LogP) is 2.17. The van der Waals surface area contributed by atoms with Crippen molar-refractivity contribution in [3.8, 4) is 0 Å². The lowest BCUT2D eigenvalue weighted by Gasteiger charge is -2.31. The van der Waals surface area contributed by atoms with Gasteiger partial charge in [0.2, 0.25) is 5.91 Å². The number of halogens is 3. The molecule has 0 bridgehead atoms. The van der Waals surface area contributed by atoms with Gasteiger partial charge in [0.15, 0.2) is 0 Å². The molecule has 1 aromatic carbocycles. The maximum Gasteiger partial charge on any atom is 0.416 e. The van der Waals surface area contributed by atoms with Crippen molar-refractivity contribution >= 4 is 5.91 Å². The van der Waals surface area contributed by atoms with Crippen LogP contribution in [-0.2, 0) is 26.9 Å². The summed E-state index contributed by atoms with van der Waals surface area (Å²) in [5.74, 6) is -0.453. The van der Waals surface area contributed by atoms with Crippen molar-refractivity contribution in [3.05, 3.63) is 35.4 Å². The lowest BCUT2D eigenvalue weighted by Crippen LogP contribution is -2.50. The first kappa shape index (κ1) is 16.8. The lowest BCUT2D eigenvalue weighted by molar-refractivity contribution is -0.138. The Labute approximate surface area is 126 Å². The van der Waals surface area contributed by atoms with E-state index in [2.05, 4.69) is 5.32 Å². The van der Waals surface area contributed by atoms with E-state index >= 15 is 0 Å². The third-order valence-corrected chi connectivity index (χ3v) is 3.63. The lowest BCUT2D eigenvalue weighted by atomic mass is 10.0. The summed E-state index contributed by atoms with van der Waals surface area (Å²) in [6.45, 7) is 0.852. The van der Waals surface area contributed by atoms with Gasteiger partial charge in [-0.15, -0.1) is 0 Å². The fourth-order valence-corrected chi connectivity index (χ4v) is 2.49. The van der Waals surface area contributed by atoms with Gasteiger partial charge >= 0.3 is 6.18 Å². The number of benzene rings is 1. The SMILES string of the molecule is CO[C@@H]1COCC[C@H]1NC(=O)Cc1ccccc1C(F)(F)F. The molecule has 22 heavy (non-hydrogen) atoms. The van der Waals surface area contributed by atoms with Gasteiger partial charge in [-0.2, -0.15) is 13.2 Å². The van der Waals surface area contributed by atoms with Gasteiger partial charge in [0.1, 0.15) is 6.10 Å². The Kier molecular flexibility index (Phi) is 5.42. The normalized spacial score (nSPS) is 22.4. The molecule has 1 aliphatic rings. The number of hydrogen-bond acceptors (Lipinski definition) is 3. The highest BCUT2D eigenvalue weighted by atomic mass is 19.4. The molecule has 2 atom stereocenters. The second kappa shape index (κ2) is 7.11. The molecule has 1 heterocycles. The van der Waals surface area contributed by atoms with E-state index in [1.807, 2.05) is 0 Å². The molecule has 0 saturated carbocycles. The first-order valence-corrected chi connectivity index (χ1v) is 6.97. The number of alkyl halides is 3. The van der Waals surface area contributed by atoms with Crippen LogP contribution in [0.3, 0.4) is 0 Å². The minimum Gasteiger partial charge on any atom is -0.379 e. The monoisotopic (exact) mass is 317 g/mol. The summed E-state index contributed by atoms with van der Waals surface area (Å²) in [6, 6.07) is 4.85. The summed E-state index contributed by atoms with van der Waals surface area (Å²) in [7, 11) is 1.51. The molecule has 0 radical (unpaired) electrons. The summed E-state index contributed by atoms with van der Waals surface area (Å²) >= 11 is 0. The number of ether oxygens (including phenoxy) is 2. The van der Waals surface area contributed by atoms with Crippen LogP contribution in [-0.4, -0.2) is 38.4 Å². The fourth-order valence-electron chi connectivity index (χ4n) is 2.49. The summed E-state index contributed by atoms with van der Waals surface area (Å²) in [4.78, 5) is 12.0. The van der Waals surface area contributed by atoms with E-state index in [-0.39, 0.29) is 24.1 Å². The Bertz CT molecular complexity index is 519. The zero-order valence-electron chi connectivity index (χ0n) is 12.2. The molecule has 1 aromatic rings. The minimum absolute atomic E-state index is 0.0338. The Balaban J connectivity index is 2.03. The quantitative estimate of drug-likeness (QED) is 0.926. The standard InChI is InChI=1S/C15H18F3NO3/c1-21-13-9-22-7-6-12(13)19-14(20)8-10-4-2-3-5-11(10)15(16,17)18/h2-5,12-13H,6-9H2,1H3,(H,19,20)/t12-,13-/m1/s1. The number of carbonyl (C=O) groups is 1. The van der Waals surface area contributed by atoms with E-state index in [1.54, 1.807) is 0 Å². The highest BCUT2D eigenvalue weighted by molar-refractivity contribution is 5.79. The molecule has 4 nitrogen and oxygen atoms in total.